The van der Waals surface area contributed by atoms with Crippen LogP contribution < -0.4 is 21.3 Å². The lowest BCUT2D eigenvalue weighted by Crippen LogP contribution is -2.37. The van der Waals surface area contributed by atoms with Crippen molar-refractivity contribution in [2.45, 2.75) is 0 Å². The highest BCUT2D eigenvalue weighted by Gasteiger charge is 2.05. The molecule has 0 bridgehead atoms. The highest BCUT2D eigenvalue weighted by Crippen LogP contribution is 2.24. The molecule has 0 atom stereocenters. The fraction of sp³-hybridized carbons (Fsp3) is 0.0952. The van der Waals surface area contributed by atoms with Gasteiger partial charge in [-0.3, -0.25) is 14.2 Å². The molecular weight excluding hydrogens is 438 g/mol. The monoisotopic (exact) mass is 455 g/mol. The molecule has 0 radical (unpaired) electrons. The predicted octanol–water partition coefficient (Wildman–Crippen LogP) is 3.29. The summed E-state index contributed by atoms with van der Waals surface area (Å²) in [7, 11) is 2.93. The Labute approximate surface area is 175 Å². The maximum Gasteiger partial charge on any atom is 0.330 e. The zero-order chi connectivity index (χ0) is 21.0. The molecule has 0 fully saturated rings. The van der Waals surface area contributed by atoms with Crippen LogP contribution >= 0.6 is 15.9 Å². The van der Waals surface area contributed by atoms with E-state index in [1.165, 1.54) is 37.0 Å². The van der Waals surface area contributed by atoms with Crippen LogP contribution in [0.25, 0.3) is 6.08 Å². The third kappa shape index (κ3) is 5.11. The lowest BCUT2D eigenvalue weighted by molar-refractivity contribution is -0.111. The van der Waals surface area contributed by atoms with Crippen molar-refractivity contribution in [1.82, 2.24) is 9.13 Å². The van der Waals surface area contributed by atoms with E-state index in [-0.39, 0.29) is 5.56 Å². The van der Waals surface area contributed by atoms with Gasteiger partial charge in [0.1, 0.15) is 11.5 Å². The molecule has 0 spiro atoms. The lowest BCUT2D eigenvalue weighted by atomic mass is 10.2. The number of hydrogen-bond acceptors (Lipinski definition) is 4. The Morgan fingerprint density at radius 1 is 1.00 bits per heavy atom. The van der Waals surface area contributed by atoms with Gasteiger partial charge in [-0.2, -0.15) is 0 Å². The molecule has 7 nitrogen and oxygen atoms in total. The number of hydrogen-bond donors (Lipinski definition) is 1. The number of anilines is 1. The van der Waals surface area contributed by atoms with Crippen molar-refractivity contribution < 1.29 is 9.53 Å². The summed E-state index contributed by atoms with van der Waals surface area (Å²) in [5.74, 6) is 0.934. The standard InChI is InChI=1S/C21H18BrN3O4/c1-24-13-14(20(27)25(2)21(24)28)3-12-19(26)23-16-6-10-18(11-7-16)29-17-8-4-15(22)5-9-17/h3-13H,1-2H3,(H,23,26)/b12-3+. The quantitative estimate of drug-likeness (QED) is 0.598. The second-order valence-corrected chi connectivity index (χ2v) is 7.16. The Morgan fingerprint density at radius 3 is 2.21 bits per heavy atom. The molecule has 148 valence electrons. The molecule has 0 saturated carbocycles. The minimum absolute atomic E-state index is 0.239. The number of carbonyl (C=O) groups excluding carboxylic acids is 1. The van der Waals surface area contributed by atoms with Gasteiger partial charge in [0.2, 0.25) is 5.91 Å². The molecule has 29 heavy (non-hydrogen) atoms. The summed E-state index contributed by atoms with van der Waals surface area (Å²) in [6, 6.07) is 14.4. The molecule has 0 aliphatic heterocycles. The number of benzene rings is 2. The van der Waals surface area contributed by atoms with Crippen LogP contribution in [0.5, 0.6) is 11.5 Å². The van der Waals surface area contributed by atoms with Gasteiger partial charge in [0.15, 0.2) is 0 Å². The third-order valence-electron chi connectivity index (χ3n) is 4.06. The van der Waals surface area contributed by atoms with E-state index in [2.05, 4.69) is 21.2 Å². The van der Waals surface area contributed by atoms with Gasteiger partial charge in [0.05, 0.1) is 5.56 Å². The highest BCUT2D eigenvalue weighted by molar-refractivity contribution is 9.10. The van der Waals surface area contributed by atoms with Crippen LogP contribution in [0, 0.1) is 0 Å². The Kier molecular flexibility index (Phi) is 6.13. The summed E-state index contributed by atoms with van der Waals surface area (Å²) in [5, 5.41) is 2.71. The van der Waals surface area contributed by atoms with Crippen molar-refractivity contribution in [3.8, 4) is 11.5 Å². The molecule has 0 aliphatic carbocycles. The average Bonchev–Trinajstić information content (AvgIpc) is 2.71. The number of ether oxygens (including phenoxy) is 1. The number of rotatable bonds is 5. The van der Waals surface area contributed by atoms with Gasteiger partial charge >= 0.3 is 5.69 Å². The third-order valence-corrected chi connectivity index (χ3v) is 4.59. The van der Waals surface area contributed by atoms with Gasteiger partial charge in [-0.15, -0.1) is 0 Å². The number of aromatic nitrogens is 2. The van der Waals surface area contributed by atoms with Crippen molar-refractivity contribution in [2.24, 2.45) is 14.1 Å². The Hall–Kier alpha value is -3.39. The van der Waals surface area contributed by atoms with Crippen LogP contribution in [0.4, 0.5) is 5.69 Å². The Balaban J connectivity index is 1.65. The Bertz CT molecular complexity index is 1180. The highest BCUT2D eigenvalue weighted by atomic mass is 79.9. The largest absolute Gasteiger partial charge is 0.457 e. The molecular formula is C21H18BrN3O4. The fourth-order valence-electron chi connectivity index (χ4n) is 2.54. The topological polar surface area (TPSA) is 82.3 Å². The van der Waals surface area contributed by atoms with Gasteiger partial charge in [-0.1, -0.05) is 15.9 Å². The fourth-order valence-corrected chi connectivity index (χ4v) is 2.81. The van der Waals surface area contributed by atoms with E-state index in [0.29, 0.717) is 17.2 Å². The minimum atomic E-state index is -0.466. The number of amides is 1. The smallest absolute Gasteiger partial charge is 0.330 e. The van der Waals surface area contributed by atoms with E-state index in [9.17, 15) is 14.4 Å². The van der Waals surface area contributed by atoms with Gasteiger partial charge in [-0.05, 0) is 54.6 Å². The number of halogens is 1. The summed E-state index contributed by atoms with van der Waals surface area (Å²) in [5.41, 5.74) is -0.0761. The molecule has 0 aliphatic rings. The zero-order valence-electron chi connectivity index (χ0n) is 15.8. The SMILES string of the molecule is Cn1cc(/C=C/C(=O)Nc2ccc(Oc3ccc(Br)cc3)cc2)c(=O)n(C)c1=O. The molecule has 3 aromatic rings. The van der Waals surface area contributed by atoms with Crippen molar-refractivity contribution in [2.75, 3.05) is 5.32 Å². The van der Waals surface area contributed by atoms with E-state index < -0.39 is 17.2 Å². The maximum atomic E-state index is 12.1. The van der Waals surface area contributed by atoms with Crippen LogP contribution in [0.1, 0.15) is 5.56 Å². The zero-order valence-corrected chi connectivity index (χ0v) is 17.3. The Morgan fingerprint density at radius 2 is 1.59 bits per heavy atom. The van der Waals surface area contributed by atoms with Crippen LogP contribution in [-0.2, 0) is 18.9 Å². The van der Waals surface area contributed by atoms with Crippen LogP contribution in [0.2, 0.25) is 0 Å². The van der Waals surface area contributed by atoms with Crippen molar-refractivity contribution in [3.05, 3.63) is 91.7 Å². The summed E-state index contributed by atoms with van der Waals surface area (Å²) in [6.45, 7) is 0. The number of nitrogens with zero attached hydrogens (tertiary/aromatic N) is 2. The lowest BCUT2D eigenvalue weighted by Gasteiger charge is -2.07. The first-order valence-electron chi connectivity index (χ1n) is 8.63. The molecule has 1 heterocycles. The molecule has 8 heteroatoms. The van der Waals surface area contributed by atoms with Crippen molar-refractivity contribution in [3.63, 3.8) is 0 Å². The van der Waals surface area contributed by atoms with Crippen LogP contribution in [-0.4, -0.2) is 15.0 Å². The normalized spacial score (nSPS) is 10.9. The summed E-state index contributed by atoms with van der Waals surface area (Å²) in [4.78, 5) is 35.9. The van der Waals surface area contributed by atoms with Crippen molar-refractivity contribution >= 4 is 33.6 Å². The van der Waals surface area contributed by atoms with E-state index >= 15 is 0 Å². The van der Waals surface area contributed by atoms with Gasteiger partial charge < -0.3 is 14.6 Å². The molecule has 0 unspecified atom stereocenters. The number of nitrogens with one attached hydrogen (secondary N) is 1. The van der Waals surface area contributed by atoms with Crippen LogP contribution in [0.15, 0.2) is 74.9 Å². The summed E-state index contributed by atoms with van der Waals surface area (Å²) in [6.07, 6.45) is 4.01. The van der Waals surface area contributed by atoms with E-state index in [1.54, 1.807) is 24.3 Å². The van der Waals surface area contributed by atoms with E-state index in [0.717, 1.165) is 9.04 Å². The molecule has 2 aromatic carbocycles. The number of aryl methyl sites for hydroxylation is 1. The molecule has 3 rings (SSSR count). The van der Waals surface area contributed by atoms with Gasteiger partial charge in [0, 0.05) is 36.5 Å². The second kappa shape index (κ2) is 8.74. The number of carbonyl (C=O) groups is 1. The maximum absolute atomic E-state index is 12.1. The van der Waals surface area contributed by atoms with Crippen molar-refractivity contribution in [1.29, 1.82) is 0 Å². The predicted molar refractivity (Wildman–Crippen MR) is 115 cm³/mol. The van der Waals surface area contributed by atoms with Crippen LogP contribution in [0.3, 0.4) is 0 Å². The minimum Gasteiger partial charge on any atom is -0.457 e. The average molecular weight is 456 g/mol. The second-order valence-electron chi connectivity index (χ2n) is 6.25. The molecule has 1 N–H and O–H groups in total. The van der Waals surface area contributed by atoms with Gasteiger partial charge in [-0.25, -0.2) is 4.79 Å². The first-order chi connectivity index (χ1) is 13.8. The summed E-state index contributed by atoms with van der Waals surface area (Å²) >= 11 is 3.37. The van der Waals surface area contributed by atoms with Gasteiger partial charge in [0.25, 0.3) is 5.56 Å². The molecule has 1 aromatic heterocycles. The molecule has 1 amide bonds. The first kappa shape index (κ1) is 20.3. The van der Waals surface area contributed by atoms with E-state index in [4.69, 9.17) is 4.74 Å². The van der Waals surface area contributed by atoms with E-state index in [1.807, 2.05) is 24.3 Å². The summed E-state index contributed by atoms with van der Waals surface area (Å²) < 4.78 is 8.96. The first-order valence-corrected chi connectivity index (χ1v) is 9.42. The molecule has 0 saturated heterocycles.